The SMILES string of the molecule is Cc1cccc(NS(=O)(=O)c2ccc(F)c(CO)c2F)c1. The molecule has 2 N–H and O–H groups in total. The molecule has 0 heterocycles. The van der Waals surface area contributed by atoms with Crippen LogP contribution in [0, 0.1) is 18.6 Å². The predicted octanol–water partition coefficient (Wildman–Crippen LogP) is 2.57. The lowest BCUT2D eigenvalue weighted by atomic mass is 10.2. The standard InChI is InChI=1S/C14H13F2NO3S/c1-9-3-2-4-10(7-9)17-21(19,20)13-6-5-12(15)11(8-18)14(13)16/h2-7,17-18H,8H2,1H3. The second-order valence-electron chi connectivity index (χ2n) is 4.47. The molecule has 0 aliphatic heterocycles. The first-order chi connectivity index (χ1) is 9.85. The largest absolute Gasteiger partial charge is 0.391 e. The molecule has 0 aliphatic rings. The highest BCUT2D eigenvalue weighted by Crippen LogP contribution is 2.23. The van der Waals surface area contributed by atoms with Crippen LogP contribution in [0.5, 0.6) is 0 Å². The predicted molar refractivity (Wildman–Crippen MR) is 74.3 cm³/mol. The molecular formula is C14H13F2NO3S. The van der Waals surface area contributed by atoms with E-state index in [1.807, 2.05) is 0 Å². The van der Waals surface area contributed by atoms with E-state index in [0.717, 1.165) is 17.7 Å². The van der Waals surface area contributed by atoms with Gasteiger partial charge in [0, 0.05) is 5.69 Å². The minimum Gasteiger partial charge on any atom is -0.391 e. The van der Waals surface area contributed by atoms with Crippen molar-refractivity contribution < 1.29 is 22.3 Å². The van der Waals surface area contributed by atoms with Gasteiger partial charge in [0.15, 0.2) is 5.82 Å². The first-order valence-corrected chi connectivity index (χ1v) is 7.50. The van der Waals surface area contributed by atoms with Crippen LogP contribution in [0.1, 0.15) is 11.1 Å². The van der Waals surface area contributed by atoms with Crippen LogP contribution in [-0.2, 0) is 16.6 Å². The Balaban J connectivity index is 2.45. The Morgan fingerprint density at radius 2 is 1.90 bits per heavy atom. The molecule has 7 heteroatoms. The highest BCUT2D eigenvalue weighted by Gasteiger charge is 2.23. The van der Waals surface area contributed by atoms with Gasteiger partial charge in [-0.3, -0.25) is 4.72 Å². The van der Waals surface area contributed by atoms with Gasteiger partial charge in [-0.2, -0.15) is 0 Å². The first-order valence-electron chi connectivity index (χ1n) is 6.02. The van der Waals surface area contributed by atoms with Crippen molar-refractivity contribution in [1.29, 1.82) is 0 Å². The Morgan fingerprint density at radius 1 is 1.19 bits per heavy atom. The number of sulfonamides is 1. The summed E-state index contributed by atoms with van der Waals surface area (Å²) in [6.45, 7) is 0.853. The Morgan fingerprint density at radius 3 is 2.52 bits per heavy atom. The molecule has 0 amide bonds. The Hall–Kier alpha value is -1.99. The van der Waals surface area contributed by atoms with E-state index in [1.54, 1.807) is 25.1 Å². The Bertz CT molecular complexity index is 776. The van der Waals surface area contributed by atoms with E-state index in [4.69, 9.17) is 5.11 Å². The van der Waals surface area contributed by atoms with Crippen molar-refractivity contribution in [2.75, 3.05) is 4.72 Å². The van der Waals surface area contributed by atoms with E-state index < -0.39 is 38.7 Å². The summed E-state index contributed by atoms with van der Waals surface area (Å²) in [5.41, 5.74) is 0.414. The summed E-state index contributed by atoms with van der Waals surface area (Å²) < 4.78 is 53.8. The lowest BCUT2D eigenvalue weighted by Gasteiger charge is -2.11. The minimum atomic E-state index is -4.21. The lowest BCUT2D eigenvalue weighted by Crippen LogP contribution is -2.16. The van der Waals surface area contributed by atoms with Gasteiger partial charge in [-0.1, -0.05) is 12.1 Å². The number of benzene rings is 2. The van der Waals surface area contributed by atoms with Gasteiger partial charge in [-0.15, -0.1) is 0 Å². The molecule has 0 fully saturated rings. The average Bonchev–Trinajstić information content (AvgIpc) is 2.38. The number of anilines is 1. The fourth-order valence-electron chi connectivity index (χ4n) is 1.85. The molecule has 0 atom stereocenters. The average molecular weight is 313 g/mol. The number of halogens is 2. The summed E-state index contributed by atoms with van der Waals surface area (Å²) in [7, 11) is -4.21. The molecule has 2 aromatic carbocycles. The topological polar surface area (TPSA) is 66.4 Å². The molecule has 0 saturated carbocycles. The van der Waals surface area contributed by atoms with E-state index >= 15 is 0 Å². The van der Waals surface area contributed by atoms with Crippen molar-refractivity contribution in [2.45, 2.75) is 18.4 Å². The van der Waals surface area contributed by atoms with Crippen LogP contribution in [0.2, 0.25) is 0 Å². The Kier molecular flexibility index (Phi) is 4.24. The maximum atomic E-state index is 14.0. The quantitative estimate of drug-likeness (QED) is 0.911. The maximum absolute atomic E-state index is 14.0. The highest BCUT2D eigenvalue weighted by molar-refractivity contribution is 7.92. The highest BCUT2D eigenvalue weighted by atomic mass is 32.2. The maximum Gasteiger partial charge on any atom is 0.264 e. The first kappa shape index (κ1) is 15.4. The number of hydrogen-bond donors (Lipinski definition) is 2. The van der Waals surface area contributed by atoms with Crippen LogP contribution in [0.4, 0.5) is 14.5 Å². The number of aryl methyl sites for hydroxylation is 1. The number of aliphatic hydroxyl groups excluding tert-OH is 1. The molecule has 2 aromatic rings. The molecule has 0 aromatic heterocycles. The summed E-state index contributed by atoms with van der Waals surface area (Å²) in [6.07, 6.45) is 0. The molecule has 0 spiro atoms. The van der Waals surface area contributed by atoms with E-state index in [2.05, 4.69) is 4.72 Å². The van der Waals surface area contributed by atoms with Crippen molar-refractivity contribution in [3.05, 3.63) is 59.2 Å². The van der Waals surface area contributed by atoms with Crippen molar-refractivity contribution in [1.82, 2.24) is 0 Å². The number of rotatable bonds is 4. The van der Waals surface area contributed by atoms with Crippen LogP contribution < -0.4 is 4.72 Å². The van der Waals surface area contributed by atoms with Crippen molar-refractivity contribution in [3.8, 4) is 0 Å². The van der Waals surface area contributed by atoms with Gasteiger partial charge in [0.2, 0.25) is 0 Å². The molecule has 0 bridgehead atoms. The van der Waals surface area contributed by atoms with Gasteiger partial charge in [-0.25, -0.2) is 17.2 Å². The van der Waals surface area contributed by atoms with Crippen LogP contribution in [0.25, 0.3) is 0 Å². The third kappa shape index (κ3) is 3.20. The smallest absolute Gasteiger partial charge is 0.264 e. The summed E-state index contributed by atoms with van der Waals surface area (Å²) in [5, 5.41) is 8.92. The zero-order chi connectivity index (χ0) is 15.6. The molecule has 2 rings (SSSR count). The molecule has 0 unspecified atom stereocenters. The van der Waals surface area contributed by atoms with E-state index in [-0.39, 0.29) is 5.69 Å². The van der Waals surface area contributed by atoms with Crippen LogP contribution in [0.3, 0.4) is 0 Å². The van der Waals surface area contributed by atoms with Crippen LogP contribution in [-0.4, -0.2) is 13.5 Å². The van der Waals surface area contributed by atoms with Crippen LogP contribution in [0.15, 0.2) is 41.3 Å². The van der Waals surface area contributed by atoms with Gasteiger partial charge in [0.25, 0.3) is 10.0 Å². The summed E-state index contributed by atoms with van der Waals surface area (Å²) >= 11 is 0. The molecule has 4 nitrogen and oxygen atoms in total. The second-order valence-corrected chi connectivity index (χ2v) is 6.12. The molecule has 112 valence electrons. The normalized spacial score (nSPS) is 11.4. The Labute approximate surface area is 121 Å². The molecular weight excluding hydrogens is 300 g/mol. The van der Waals surface area contributed by atoms with Gasteiger partial charge in [-0.05, 0) is 36.8 Å². The molecule has 21 heavy (non-hydrogen) atoms. The summed E-state index contributed by atoms with van der Waals surface area (Å²) in [5.74, 6) is -2.29. The van der Waals surface area contributed by atoms with Crippen LogP contribution >= 0.6 is 0 Å². The van der Waals surface area contributed by atoms with E-state index in [0.29, 0.717) is 0 Å². The summed E-state index contributed by atoms with van der Waals surface area (Å²) in [4.78, 5) is -0.713. The van der Waals surface area contributed by atoms with Gasteiger partial charge in [0.1, 0.15) is 10.7 Å². The third-order valence-electron chi connectivity index (χ3n) is 2.87. The molecule has 0 aliphatic carbocycles. The zero-order valence-electron chi connectivity index (χ0n) is 11.1. The summed E-state index contributed by atoms with van der Waals surface area (Å²) in [6, 6.07) is 8.14. The van der Waals surface area contributed by atoms with Crippen molar-refractivity contribution >= 4 is 15.7 Å². The minimum absolute atomic E-state index is 0.268. The van der Waals surface area contributed by atoms with Gasteiger partial charge < -0.3 is 5.11 Å². The molecule has 0 saturated heterocycles. The number of aliphatic hydroxyl groups is 1. The monoisotopic (exact) mass is 313 g/mol. The van der Waals surface area contributed by atoms with Gasteiger partial charge >= 0.3 is 0 Å². The van der Waals surface area contributed by atoms with Crippen molar-refractivity contribution in [3.63, 3.8) is 0 Å². The number of nitrogens with one attached hydrogen (secondary N) is 1. The van der Waals surface area contributed by atoms with E-state index in [1.165, 1.54) is 6.07 Å². The second kappa shape index (κ2) is 5.79. The molecule has 0 radical (unpaired) electrons. The van der Waals surface area contributed by atoms with Crippen molar-refractivity contribution in [2.24, 2.45) is 0 Å². The van der Waals surface area contributed by atoms with Gasteiger partial charge in [0.05, 0.1) is 12.2 Å². The van der Waals surface area contributed by atoms with E-state index in [9.17, 15) is 17.2 Å². The number of hydrogen-bond acceptors (Lipinski definition) is 3. The fourth-order valence-corrected chi connectivity index (χ4v) is 3.00. The fraction of sp³-hybridized carbons (Fsp3) is 0.143. The zero-order valence-corrected chi connectivity index (χ0v) is 11.9. The lowest BCUT2D eigenvalue weighted by molar-refractivity contribution is 0.267. The third-order valence-corrected chi connectivity index (χ3v) is 4.27.